The minimum atomic E-state index is -3.19. The van der Waals surface area contributed by atoms with Gasteiger partial charge < -0.3 is 9.30 Å². The summed E-state index contributed by atoms with van der Waals surface area (Å²) in [5, 5.41) is 0. The van der Waals surface area contributed by atoms with Crippen LogP contribution < -0.4 is 10.3 Å². The van der Waals surface area contributed by atoms with Crippen molar-refractivity contribution in [2.24, 2.45) is 5.92 Å². The van der Waals surface area contributed by atoms with Gasteiger partial charge in [-0.3, -0.25) is 4.79 Å². The van der Waals surface area contributed by atoms with Crippen LogP contribution in [0.25, 0.3) is 0 Å². The Morgan fingerprint density at radius 2 is 1.91 bits per heavy atom. The molecule has 7 heteroatoms. The molecule has 1 aromatic rings. The van der Waals surface area contributed by atoms with Crippen molar-refractivity contribution in [1.29, 1.82) is 0 Å². The fourth-order valence-electron chi connectivity index (χ4n) is 2.97. The van der Waals surface area contributed by atoms with Crippen LogP contribution in [0, 0.1) is 12.8 Å². The van der Waals surface area contributed by atoms with Gasteiger partial charge in [0.15, 0.2) is 0 Å². The minimum Gasteiger partial charge on any atom is -0.487 e. The number of aryl methyl sites for hydroxylation is 1. The molecule has 1 saturated heterocycles. The summed E-state index contributed by atoms with van der Waals surface area (Å²) >= 11 is 0. The number of ether oxygens (including phenoxy) is 1. The molecule has 1 aliphatic heterocycles. The highest BCUT2D eigenvalue weighted by atomic mass is 32.2. The molecule has 0 unspecified atom stereocenters. The van der Waals surface area contributed by atoms with E-state index in [2.05, 4.69) is 0 Å². The predicted molar refractivity (Wildman–Crippen MR) is 88.3 cm³/mol. The van der Waals surface area contributed by atoms with Crippen LogP contribution in [0.5, 0.6) is 5.75 Å². The van der Waals surface area contributed by atoms with Crippen LogP contribution in [0.4, 0.5) is 0 Å². The van der Waals surface area contributed by atoms with Gasteiger partial charge in [-0.2, -0.15) is 4.31 Å². The van der Waals surface area contributed by atoms with E-state index in [-0.39, 0.29) is 23.3 Å². The Morgan fingerprint density at radius 3 is 2.43 bits per heavy atom. The fraction of sp³-hybridized carbons (Fsp3) is 0.688. The number of nitrogens with zero attached hydrogens (tertiary/aromatic N) is 2. The van der Waals surface area contributed by atoms with E-state index >= 15 is 0 Å². The van der Waals surface area contributed by atoms with Crippen LogP contribution in [0.1, 0.15) is 38.4 Å². The van der Waals surface area contributed by atoms with Crippen LogP contribution in [-0.4, -0.2) is 42.2 Å². The first-order chi connectivity index (χ1) is 10.8. The molecule has 0 aromatic carbocycles. The van der Waals surface area contributed by atoms with Gasteiger partial charge in [0.1, 0.15) is 11.9 Å². The van der Waals surface area contributed by atoms with Crippen molar-refractivity contribution in [2.75, 3.05) is 18.8 Å². The van der Waals surface area contributed by atoms with Crippen LogP contribution in [0.15, 0.2) is 16.9 Å². The zero-order valence-corrected chi connectivity index (χ0v) is 14.7. The third kappa shape index (κ3) is 3.61. The molecule has 23 heavy (non-hydrogen) atoms. The lowest BCUT2D eigenvalue weighted by Gasteiger charge is -2.38. The summed E-state index contributed by atoms with van der Waals surface area (Å²) in [6.45, 7) is 6.41. The maximum absolute atomic E-state index is 12.2. The Balaban J connectivity index is 1.61. The van der Waals surface area contributed by atoms with Crippen LogP contribution in [-0.2, 0) is 10.0 Å². The number of hydrogen-bond donors (Lipinski definition) is 0. The second kappa shape index (κ2) is 5.94. The third-order valence-corrected chi connectivity index (χ3v) is 6.37. The molecule has 0 radical (unpaired) electrons. The van der Waals surface area contributed by atoms with E-state index in [0.29, 0.717) is 24.9 Å². The first-order valence-electron chi connectivity index (χ1n) is 8.14. The lowest BCUT2D eigenvalue weighted by molar-refractivity contribution is 0.0757. The normalized spacial score (nSPS) is 19.8. The van der Waals surface area contributed by atoms with Crippen molar-refractivity contribution in [3.63, 3.8) is 0 Å². The SMILES string of the molecule is Cc1cc(OC2CN(S(=O)(=O)CC(C)C)C2)cc(=O)n1C1CC1. The zero-order valence-electron chi connectivity index (χ0n) is 13.9. The molecular weight excluding hydrogens is 316 g/mol. The van der Waals surface area contributed by atoms with Gasteiger partial charge in [-0.25, -0.2) is 8.42 Å². The Hall–Kier alpha value is -1.34. The molecule has 1 saturated carbocycles. The van der Waals surface area contributed by atoms with E-state index in [1.165, 1.54) is 10.4 Å². The number of aromatic nitrogens is 1. The smallest absolute Gasteiger partial charge is 0.254 e. The molecule has 2 fully saturated rings. The molecule has 0 bridgehead atoms. The second-order valence-electron chi connectivity index (χ2n) is 7.00. The van der Waals surface area contributed by atoms with Gasteiger partial charge in [-0.15, -0.1) is 0 Å². The Bertz CT molecular complexity index is 744. The molecule has 2 aliphatic rings. The largest absolute Gasteiger partial charge is 0.487 e. The summed E-state index contributed by atoms with van der Waals surface area (Å²) in [6.07, 6.45) is 1.95. The molecule has 0 spiro atoms. The zero-order chi connectivity index (χ0) is 16.8. The first-order valence-corrected chi connectivity index (χ1v) is 9.75. The van der Waals surface area contributed by atoms with E-state index < -0.39 is 10.0 Å². The second-order valence-corrected chi connectivity index (χ2v) is 9.01. The van der Waals surface area contributed by atoms with Crippen molar-refractivity contribution < 1.29 is 13.2 Å². The molecule has 1 aliphatic carbocycles. The van der Waals surface area contributed by atoms with Crippen LogP contribution in [0.2, 0.25) is 0 Å². The molecule has 3 rings (SSSR count). The standard InChI is InChI=1S/C16H24N2O4S/c1-11(2)10-23(20,21)17-8-15(9-17)22-14-6-12(3)18(13-4-5-13)16(19)7-14/h6-7,11,13,15H,4-5,8-10H2,1-3H3. The van der Waals surface area contributed by atoms with Gasteiger partial charge in [0.2, 0.25) is 10.0 Å². The van der Waals surface area contributed by atoms with Gasteiger partial charge in [0.25, 0.3) is 5.56 Å². The van der Waals surface area contributed by atoms with Crippen LogP contribution >= 0.6 is 0 Å². The maximum Gasteiger partial charge on any atom is 0.254 e. The van der Waals surface area contributed by atoms with Crippen LogP contribution in [0.3, 0.4) is 0 Å². The summed E-state index contributed by atoms with van der Waals surface area (Å²) < 4.78 is 33.2. The Kier molecular flexibility index (Phi) is 4.27. The lowest BCUT2D eigenvalue weighted by Crippen LogP contribution is -2.56. The number of sulfonamides is 1. The summed E-state index contributed by atoms with van der Waals surface area (Å²) in [4.78, 5) is 12.2. The molecule has 0 amide bonds. The average Bonchev–Trinajstić information content (AvgIpc) is 3.14. The van der Waals surface area contributed by atoms with Crippen molar-refractivity contribution in [3.05, 3.63) is 28.2 Å². The highest BCUT2D eigenvalue weighted by molar-refractivity contribution is 7.89. The summed E-state index contributed by atoms with van der Waals surface area (Å²) in [5.74, 6) is 0.809. The molecule has 0 N–H and O–H groups in total. The van der Waals surface area contributed by atoms with Gasteiger partial charge in [0.05, 0.1) is 18.8 Å². The molecule has 0 atom stereocenters. The number of rotatable bonds is 6. The quantitative estimate of drug-likeness (QED) is 0.788. The maximum atomic E-state index is 12.2. The van der Waals surface area contributed by atoms with Crippen molar-refractivity contribution in [2.45, 2.75) is 45.8 Å². The first kappa shape index (κ1) is 16.5. The van der Waals surface area contributed by atoms with Gasteiger partial charge in [-0.1, -0.05) is 13.8 Å². The Morgan fingerprint density at radius 1 is 1.26 bits per heavy atom. The highest BCUT2D eigenvalue weighted by Gasteiger charge is 2.37. The average molecular weight is 340 g/mol. The lowest BCUT2D eigenvalue weighted by atomic mass is 10.2. The number of pyridine rings is 1. The highest BCUT2D eigenvalue weighted by Crippen LogP contribution is 2.35. The Labute approximate surface area is 137 Å². The van der Waals surface area contributed by atoms with E-state index in [9.17, 15) is 13.2 Å². The minimum absolute atomic E-state index is 0.0360. The van der Waals surface area contributed by atoms with Crippen molar-refractivity contribution >= 4 is 10.0 Å². The molecule has 1 aromatic heterocycles. The van der Waals surface area contributed by atoms with E-state index in [0.717, 1.165) is 18.5 Å². The van der Waals surface area contributed by atoms with E-state index in [4.69, 9.17) is 4.74 Å². The topological polar surface area (TPSA) is 68.6 Å². The molecule has 6 nitrogen and oxygen atoms in total. The summed E-state index contributed by atoms with van der Waals surface area (Å²) in [7, 11) is -3.19. The third-order valence-electron chi connectivity index (χ3n) is 4.20. The summed E-state index contributed by atoms with van der Waals surface area (Å²) in [6, 6.07) is 3.72. The van der Waals surface area contributed by atoms with Gasteiger partial charge in [-0.05, 0) is 31.7 Å². The molecule has 128 valence electrons. The number of hydrogen-bond acceptors (Lipinski definition) is 4. The monoisotopic (exact) mass is 340 g/mol. The van der Waals surface area contributed by atoms with E-state index in [1.807, 2.05) is 31.4 Å². The fourth-order valence-corrected chi connectivity index (χ4v) is 4.81. The van der Waals surface area contributed by atoms with Crippen molar-refractivity contribution in [1.82, 2.24) is 8.87 Å². The predicted octanol–water partition coefficient (Wildman–Crippen LogP) is 1.54. The van der Waals surface area contributed by atoms with Gasteiger partial charge in [0, 0.05) is 17.8 Å². The van der Waals surface area contributed by atoms with Gasteiger partial charge >= 0.3 is 0 Å². The molecular formula is C16H24N2O4S. The summed E-state index contributed by atoms with van der Waals surface area (Å²) in [5.41, 5.74) is 0.865. The molecule has 2 heterocycles. The van der Waals surface area contributed by atoms with E-state index in [1.54, 1.807) is 0 Å². The van der Waals surface area contributed by atoms with Crippen molar-refractivity contribution in [3.8, 4) is 5.75 Å².